The molecule has 0 aromatic carbocycles. The van der Waals surface area contributed by atoms with Gasteiger partial charge in [-0.2, -0.15) is 0 Å². The van der Waals surface area contributed by atoms with Crippen LogP contribution in [0.25, 0.3) is 0 Å². The zero-order valence-electron chi connectivity index (χ0n) is 18.2. The van der Waals surface area contributed by atoms with Gasteiger partial charge in [0.15, 0.2) is 13.7 Å². The lowest BCUT2D eigenvalue weighted by Gasteiger charge is -2.56. The van der Waals surface area contributed by atoms with Crippen LogP contribution in [-0.2, 0) is 18.7 Å². The van der Waals surface area contributed by atoms with Crippen LogP contribution in [0, 0.1) is 11.3 Å². The maximum atomic E-state index is 13.4. The van der Waals surface area contributed by atoms with Crippen LogP contribution in [0.5, 0.6) is 0 Å². The van der Waals surface area contributed by atoms with Crippen molar-refractivity contribution in [2.75, 3.05) is 0 Å². The first kappa shape index (κ1) is 20.5. The van der Waals surface area contributed by atoms with Crippen molar-refractivity contribution >= 4 is 14.3 Å². The summed E-state index contributed by atoms with van der Waals surface area (Å²) in [6, 6.07) is 0. The molecule has 0 unspecified atom stereocenters. The molecule has 2 aliphatic carbocycles. The van der Waals surface area contributed by atoms with E-state index >= 15 is 0 Å². The van der Waals surface area contributed by atoms with Crippen molar-refractivity contribution in [1.29, 1.82) is 0 Å². The number of hydrogen-bond acceptors (Lipinski definition) is 6. The third-order valence-corrected chi connectivity index (χ3v) is 12.7. The molecule has 3 fully saturated rings. The summed E-state index contributed by atoms with van der Waals surface area (Å²) in [6.07, 6.45) is -1.01. The SMILES string of the molecule is CC1=C[C@@H]2OC(=O)[C@@]3([C@@H](O)C[C@@H]4[C@@H](O)[C@]13OC4(C)C)[C@H]2O[Si](C)(C)C(C)(C)C. The summed E-state index contributed by atoms with van der Waals surface area (Å²) in [5.41, 5.74) is -2.69. The molecule has 0 amide bonds. The van der Waals surface area contributed by atoms with Crippen LogP contribution in [0.2, 0.25) is 18.1 Å². The third-order valence-electron chi connectivity index (χ3n) is 8.29. The predicted octanol–water partition coefficient (Wildman–Crippen LogP) is 2.54. The number of carbonyl (C=O) groups excluding carboxylic acids is 1. The molecule has 158 valence electrons. The van der Waals surface area contributed by atoms with E-state index in [1.165, 1.54) is 0 Å². The minimum absolute atomic E-state index is 0.0773. The highest BCUT2D eigenvalue weighted by Gasteiger charge is 2.84. The summed E-state index contributed by atoms with van der Waals surface area (Å²) < 4.78 is 19.0. The molecule has 2 aliphatic heterocycles. The molecular weight excluding hydrogens is 376 g/mol. The number of aliphatic hydroxyl groups excluding tert-OH is 2. The fourth-order valence-electron chi connectivity index (χ4n) is 5.76. The number of aliphatic hydroxyl groups is 2. The number of fused-ring (bicyclic) bond motifs is 2. The molecule has 4 aliphatic rings. The number of rotatable bonds is 2. The van der Waals surface area contributed by atoms with Crippen LogP contribution in [0.15, 0.2) is 11.6 Å². The molecular formula is C21H34O6Si. The highest BCUT2D eigenvalue weighted by Crippen LogP contribution is 2.68. The van der Waals surface area contributed by atoms with Gasteiger partial charge in [0, 0.05) is 5.92 Å². The van der Waals surface area contributed by atoms with Gasteiger partial charge >= 0.3 is 5.97 Å². The molecule has 6 nitrogen and oxygen atoms in total. The summed E-state index contributed by atoms with van der Waals surface area (Å²) in [6.45, 7) is 16.4. The maximum absolute atomic E-state index is 13.4. The number of hydrogen-bond donors (Lipinski definition) is 2. The van der Waals surface area contributed by atoms with Crippen LogP contribution >= 0.6 is 0 Å². The largest absolute Gasteiger partial charge is 0.455 e. The average molecular weight is 411 g/mol. The van der Waals surface area contributed by atoms with Gasteiger partial charge in [0.2, 0.25) is 0 Å². The summed E-state index contributed by atoms with van der Waals surface area (Å²) in [5, 5.41) is 22.7. The van der Waals surface area contributed by atoms with Crippen LogP contribution in [0.4, 0.5) is 0 Å². The van der Waals surface area contributed by atoms with Gasteiger partial charge in [0.25, 0.3) is 0 Å². The van der Waals surface area contributed by atoms with Crippen molar-refractivity contribution in [3.05, 3.63) is 11.6 Å². The van der Waals surface area contributed by atoms with Gasteiger partial charge in [0.05, 0.1) is 17.8 Å². The Kier molecular flexibility index (Phi) is 4.03. The van der Waals surface area contributed by atoms with Gasteiger partial charge < -0.3 is 24.1 Å². The molecule has 1 saturated carbocycles. The Labute approximate surface area is 168 Å². The van der Waals surface area contributed by atoms with Crippen LogP contribution in [0.3, 0.4) is 0 Å². The summed E-state index contributed by atoms with van der Waals surface area (Å²) in [5.74, 6) is -0.785. The van der Waals surface area contributed by atoms with Gasteiger partial charge in [-0.3, -0.25) is 4.79 Å². The molecule has 28 heavy (non-hydrogen) atoms. The lowest BCUT2D eigenvalue weighted by Crippen LogP contribution is -2.73. The first-order valence-electron chi connectivity index (χ1n) is 10.3. The molecule has 4 bridgehead atoms. The minimum atomic E-state index is -2.30. The number of esters is 1. The second-order valence-corrected chi connectivity index (χ2v) is 15.9. The minimum Gasteiger partial charge on any atom is -0.455 e. The Morgan fingerprint density at radius 3 is 2.43 bits per heavy atom. The van der Waals surface area contributed by atoms with Gasteiger partial charge in [-0.1, -0.05) is 20.8 Å². The molecule has 2 saturated heterocycles. The Morgan fingerprint density at radius 2 is 1.86 bits per heavy atom. The molecule has 7 heteroatoms. The smallest absolute Gasteiger partial charge is 0.321 e. The standard InChI is InChI=1S/C21H34O6Si/c1-11-9-13-16(26-28(7,8)18(2,3)4)20(17(24)25-13)14(22)10-12-15(23)21(11,20)27-19(12,5)6/h9,12-16,22-23H,10H2,1-8H3/t12-,13+,14+,15-,16+,20-,21-/m1/s1. The van der Waals surface area contributed by atoms with Gasteiger partial charge in [-0.25, -0.2) is 0 Å². The molecule has 4 rings (SSSR count). The van der Waals surface area contributed by atoms with Crippen molar-refractivity contribution < 1.29 is 28.9 Å². The van der Waals surface area contributed by atoms with Crippen molar-refractivity contribution in [1.82, 2.24) is 0 Å². The summed E-state index contributed by atoms with van der Waals surface area (Å²) >= 11 is 0. The second kappa shape index (κ2) is 5.49. The van der Waals surface area contributed by atoms with Gasteiger partial charge in [-0.15, -0.1) is 0 Å². The zero-order chi connectivity index (χ0) is 21.1. The number of ether oxygens (including phenoxy) is 2. The normalized spacial score (nSPS) is 46.9. The van der Waals surface area contributed by atoms with Crippen molar-refractivity contribution in [3.63, 3.8) is 0 Å². The fraction of sp³-hybridized carbons (Fsp3) is 0.857. The van der Waals surface area contributed by atoms with Crippen LogP contribution in [0.1, 0.15) is 48.0 Å². The molecule has 2 N–H and O–H groups in total. The average Bonchev–Trinajstić information content (AvgIpc) is 2.80. The lowest BCUT2D eigenvalue weighted by atomic mass is 9.51. The first-order chi connectivity index (χ1) is 12.6. The summed E-state index contributed by atoms with van der Waals surface area (Å²) in [7, 11) is -2.30. The topological polar surface area (TPSA) is 85.2 Å². The van der Waals surface area contributed by atoms with Crippen LogP contribution < -0.4 is 0 Å². The Morgan fingerprint density at radius 1 is 1.25 bits per heavy atom. The van der Waals surface area contributed by atoms with Gasteiger partial charge in [-0.05, 0) is 57.0 Å². The van der Waals surface area contributed by atoms with Crippen LogP contribution in [-0.4, -0.2) is 60.1 Å². The van der Waals surface area contributed by atoms with E-state index in [9.17, 15) is 15.0 Å². The maximum Gasteiger partial charge on any atom is 0.321 e. The zero-order valence-corrected chi connectivity index (χ0v) is 19.2. The van der Waals surface area contributed by atoms with E-state index in [1.807, 2.05) is 26.8 Å². The van der Waals surface area contributed by atoms with E-state index in [2.05, 4.69) is 33.9 Å². The highest BCUT2D eigenvalue weighted by molar-refractivity contribution is 6.74. The van der Waals surface area contributed by atoms with E-state index in [0.717, 1.165) is 5.57 Å². The Balaban J connectivity index is 1.93. The third kappa shape index (κ3) is 2.10. The number of carbonyl (C=O) groups is 1. The molecule has 0 radical (unpaired) electrons. The first-order valence-corrected chi connectivity index (χ1v) is 13.2. The quantitative estimate of drug-likeness (QED) is 0.413. The molecule has 0 aromatic rings. The second-order valence-electron chi connectivity index (χ2n) is 11.1. The van der Waals surface area contributed by atoms with Crippen molar-refractivity contribution in [3.8, 4) is 0 Å². The highest BCUT2D eigenvalue weighted by atomic mass is 28.4. The lowest BCUT2D eigenvalue weighted by molar-refractivity contribution is -0.221. The van der Waals surface area contributed by atoms with Crippen molar-refractivity contribution in [2.24, 2.45) is 11.3 Å². The molecule has 2 spiro atoms. The van der Waals surface area contributed by atoms with Crippen molar-refractivity contribution in [2.45, 2.75) is 102 Å². The van der Waals surface area contributed by atoms with E-state index in [0.29, 0.717) is 0 Å². The molecule has 2 heterocycles. The molecule has 0 aromatic heterocycles. The van der Waals surface area contributed by atoms with E-state index in [4.69, 9.17) is 13.9 Å². The fourth-order valence-corrected chi connectivity index (χ4v) is 7.07. The predicted molar refractivity (Wildman–Crippen MR) is 106 cm³/mol. The van der Waals surface area contributed by atoms with Gasteiger partial charge in [0.1, 0.15) is 17.8 Å². The monoisotopic (exact) mass is 410 g/mol. The van der Waals surface area contributed by atoms with E-state index < -0.39 is 55.3 Å². The Hall–Kier alpha value is -0.733. The van der Waals surface area contributed by atoms with E-state index in [-0.39, 0.29) is 17.4 Å². The molecule has 7 atom stereocenters. The van der Waals surface area contributed by atoms with E-state index in [1.54, 1.807) is 0 Å². The Bertz CT molecular complexity index is 752. The summed E-state index contributed by atoms with van der Waals surface area (Å²) in [4.78, 5) is 13.4.